The zero-order chi connectivity index (χ0) is 19.3. The van der Waals surface area contributed by atoms with E-state index in [0.29, 0.717) is 18.0 Å². The molecule has 0 saturated heterocycles. The van der Waals surface area contributed by atoms with Gasteiger partial charge in [0.1, 0.15) is 5.01 Å². The first-order chi connectivity index (χ1) is 12.9. The van der Waals surface area contributed by atoms with E-state index < -0.39 is 0 Å². The van der Waals surface area contributed by atoms with Crippen LogP contribution < -0.4 is 5.32 Å². The molecule has 0 spiro atoms. The lowest BCUT2D eigenvalue weighted by Gasteiger charge is -2.19. The molecule has 0 bridgehead atoms. The molecule has 3 aromatic rings. The Hall–Kier alpha value is -2.53. The maximum Gasteiger partial charge on any atom is 0.226 e. The average Bonchev–Trinajstić information content (AvgIpc) is 3.07. The molecular formula is C22H25N3OS. The van der Waals surface area contributed by atoms with Crippen molar-refractivity contribution in [3.8, 4) is 0 Å². The molecule has 0 atom stereocenters. The van der Waals surface area contributed by atoms with Gasteiger partial charge in [-0.05, 0) is 28.5 Å². The Balaban J connectivity index is 1.49. The summed E-state index contributed by atoms with van der Waals surface area (Å²) in [4.78, 5) is 12.2. The number of nitrogens with zero attached hydrogens (tertiary/aromatic N) is 2. The summed E-state index contributed by atoms with van der Waals surface area (Å²) in [6, 6.07) is 18.6. The zero-order valence-electron chi connectivity index (χ0n) is 16.0. The van der Waals surface area contributed by atoms with E-state index in [1.165, 1.54) is 28.0 Å². The number of hydrogen-bond donors (Lipinski definition) is 1. The first kappa shape index (κ1) is 19.2. The van der Waals surface area contributed by atoms with Gasteiger partial charge in [0.2, 0.25) is 11.0 Å². The molecule has 2 aromatic carbocycles. The maximum absolute atomic E-state index is 12.2. The van der Waals surface area contributed by atoms with E-state index in [4.69, 9.17) is 0 Å². The molecule has 4 nitrogen and oxygen atoms in total. The van der Waals surface area contributed by atoms with Gasteiger partial charge in [-0.25, -0.2) is 0 Å². The third-order valence-electron chi connectivity index (χ3n) is 4.37. The Kier molecular flexibility index (Phi) is 6.01. The molecule has 27 heavy (non-hydrogen) atoms. The van der Waals surface area contributed by atoms with Gasteiger partial charge in [0.25, 0.3) is 0 Å². The lowest BCUT2D eigenvalue weighted by Crippen LogP contribution is -2.13. The van der Waals surface area contributed by atoms with Crippen LogP contribution in [0.4, 0.5) is 5.13 Å². The number of hydrogen-bond acceptors (Lipinski definition) is 4. The second-order valence-electron chi connectivity index (χ2n) is 7.66. The molecule has 0 aliphatic heterocycles. The van der Waals surface area contributed by atoms with E-state index in [9.17, 15) is 4.79 Å². The monoisotopic (exact) mass is 379 g/mol. The van der Waals surface area contributed by atoms with Crippen LogP contribution in [0.25, 0.3) is 0 Å². The summed E-state index contributed by atoms with van der Waals surface area (Å²) in [5.74, 6) is -0.0303. The molecule has 0 saturated carbocycles. The van der Waals surface area contributed by atoms with Crippen LogP contribution in [-0.4, -0.2) is 16.1 Å². The number of rotatable bonds is 6. The number of carbonyl (C=O) groups excluding carboxylic acids is 1. The van der Waals surface area contributed by atoms with Crippen molar-refractivity contribution in [3.63, 3.8) is 0 Å². The zero-order valence-corrected chi connectivity index (χ0v) is 16.8. The van der Waals surface area contributed by atoms with Crippen LogP contribution in [0.5, 0.6) is 0 Å². The van der Waals surface area contributed by atoms with Crippen LogP contribution in [0, 0.1) is 0 Å². The minimum atomic E-state index is -0.0303. The number of nitrogens with one attached hydrogen (secondary N) is 1. The molecule has 0 unspecified atom stereocenters. The molecule has 0 aliphatic carbocycles. The molecule has 5 heteroatoms. The van der Waals surface area contributed by atoms with Crippen LogP contribution in [0.15, 0.2) is 54.6 Å². The molecule has 1 aromatic heterocycles. The average molecular weight is 380 g/mol. The van der Waals surface area contributed by atoms with Crippen LogP contribution in [-0.2, 0) is 23.1 Å². The van der Waals surface area contributed by atoms with Gasteiger partial charge in [-0.1, -0.05) is 86.7 Å². The Morgan fingerprint density at radius 2 is 1.67 bits per heavy atom. The van der Waals surface area contributed by atoms with Gasteiger partial charge < -0.3 is 5.32 Å². The van der Waals surface area contributed by atoms with Gasteiger partial charge in [-0.3, -0.25) is 4.79 Å². The van der Waals surface area contributed by atoms with Crippen molar-refractivity contribution in [2.24, 2.45) is 0 Å². The summed E-state index contributed by atoms with van der Waals surface area (Å²) < 4.78 is 0. The molecule has 1 heterocycles. The topological polar surface area (TPSA) is 54.9 Å². The fourth-order valence-corrected chi connectivity index (χ4v) is 3.55. The Labute approximate surface area is 164 Å². The van der Waals surface area contributed by atoms with E-state index in [2.05, 4.69) is 72.7 Å². The van der Waals surface area contributed by atoms with Crippen molar-refractivity contribution in [1.29, 1.82) is 0 Å². The van der Waals surface area contributed by atoms with Crippen molar-refractivity contribution in [1.82, 2.24) is 10.2 Å². The first-order valence-corrected chi connectivity index (χ1v) is 9.97. The summed E-state index contributed by atoms with van der Waals surface area (Å²) in [6.45, 7) is 6.59. The van der Waals surface area contributed by atoms with Gasteiger partial charge in [0.05, 0.1) is 0 Å². The van der Waals surface area contributed by atoms with Gasteiger partial charge in [0, 0.05) is 12.8 Å². The minimum Gasteiger partial charge on any atom is -0.301 e. The number of anilines is 1. The van der Waals surface area contributed by atoms with E-state index in [-0.39, 0.29) is 11.3 Å². The maximum atomic E-state index is 12.2. The molecule has 0 fully saturated rings. The largest absolute Gasteiger partial charge is 0.301 e. The number of benzene rings is 2. The molecule has 3 rings (SSSR count). The SMILES string of the molecule is CC(C)(C)c1ccc(CCC(=O)Nc2nnc(Cc3ccccc3)s2)cc1. The van der Waals surface area contributed by atoms with Crippen molar-refractivity contribution < 1.29 is 4.79 Å². The van der Waals surface area contributed by atoms with E-state index >= 15 is 0 Å². The molecule has 1 amide bonds. The number of carbonyl (C=O) groups is 1. The molecule has 0 aliphatic rings. The van der Waals surface area contributed by atoms with E-state index in [0.717, 1.165) is 11.4 Å². The second kappa shape index (κ2) is 8.44. The predicted octanol–water partition coefficient (Wildman–Crippen LogP) is 5.00. The summed E-state index contributed by atoms with van der Waals surface area (Å²) >= 11 is 1.43. The smallest absolute Gasteiger partial charge is 0.226 e. The number of amides is 1. The fraction of sp³-hybridized carbons (Fsp3) is 0.318. The third kappa shape index (κ3) is 5.73. The quantitative estimate of drug-likeness (QED) is 0.656. The van der Waals surface area contributed by atoms with Crippen molar-refractivity contribution in [2.45, 2.75) is 45.4 Å². The van der Waals surface area contributed by atoms with Crippen LogP contribution in [0.3, 0.4) is 0 Å². The Bertz CT molecular complexity index is 880. The van der Waals surface area contributed by atoms with Crippen LogP contribution in [0.2, 0.25) is 0 Å². The van der Waals surface area contributed by atoms with Gasteiger partial charge in [0.15, 0.2) is 0 Å². The highest BCUT2D eigenvalue weighted by molar-refractivity contribution is 7.15. The lowest BCUT2D eigenvalue weighted by atomic mass is 9.86. The Morgan fingerprint density at radius 3 is 2.33 bits per heavy atom. The fourth-order valence-electron chi connectivity index (χ4n) is 2.76. The van der Waals surface area contributed by atoms with Gasteiger partial charge >= 0.3 is 0 Å². The van der Waals surface area contributed by atoms with Gasteiger partial charge in [-0.15, -0.1) is 10.2 Å². The highest BCUT2D eigenvalue weighted by atomic mass is 32.1. The highest BCUT2D eigenvalue weighted by Gasteiger charge is 2.13. The summed E-state index contributed by atoms with van der Waals surface area (Å²) in [7, 11) is 0. The second-order valence-corrected chi connectivity index (χ2v) is 8.72. The summed E-state index contributed by atoms with van der Waals surface area (Å²) in [5.41, 5.74) is 3.80. The number of aromatic nitrogens is 2. The van der Waals surface area contributed by atoms with Crippen molar-refractivity contribution >= 4 is 22.4 Å². The third-order valence-corrected chi connectivity index (χ3v) is 5.21. The molecule has 0 radical (unpaired) electrons. The normalized spacial score (nSPS) is 11.4. The number of aryl methyl sites for hydroxylation is 1. The Morgan fingerprint density at radius 1 is 0.963 bits per heavy atom. The highest BCUT2D eigenvalue weighted by Crippen LogP contribution is 2.23. The standard InChI is InChI=1S/C22H25N3OS/c1-22(2,3)18-12-9-16(10-13-18)11-14-19(26)23-21-25-24-20(27-21)15-17-7-5-4-6-8-17/h4-10,12-13H,11,14-15H2,1-3H3,(H,23,25,26). The predicted molar refractivity (Wildman–Crippen MR) is 111 cm³/mol. The summed E-state index contributed by atoms with van der Waals surface area (Å²) in [5, 5.41) is 12.6. The van der Waals surface area contributed by atoms with E-state index in [1.807, 2.05) is 18.2 Å². The molecule has 1 N–H and O–H groups in total. The van der Waals surface area contributed by atoms with Gasteiger partial charge in [-0.2, -0.15) is 0 Å². The van der Waals surface area contributed by atoms with Crippen LogP contribution >= 0.6 is 11.3 Å². The summed E-state index contributed by atoms with van der Waals surface area (Å²) in [6.07, 6.45) is 1.88. The van der Waals surface area contributed by atoms with Crippen LogP contribution in [0.1, 0.15) is 48.9 Å². The van der Waals surface area contributed by atoms with Crippen molar-refractivity contribution in [2.75, 3.05) is 5.32 Å². The molecular weight excluding hydrogens is 354 g/mol. The van der Waals surface area contributed by atoms with E-state index in [1.54, 1.807) is 0 Å². The first-order valence-electron chi connectivity index (χ1n) is 9.16. The molecule has 140 valence electrons. The lowest BCUT2D eigenvalue weighted by molar-refractivity contribution is -0.116. The minimum absolute atomic E-state index is 0.0303. The van der Waals surface area contributed by atoms with Crippen molar-refractivity contribution in [3.05, 3.63) is 76.3 Å².